The van der Waals surface area contributed by atoms with Gasteiger partial charge in [-0.25, -0.2) is 9.97 Å². The van der Waals surface area contributed by atoms with E-state index in [1.54, 1.807) is 0 Å². The topological polar surface area (TPSA) is 45.5 Å². The zero-order valence-corrected chi connectivity index (χ0v) is 51.2. The van der Waals surface area contributed by atoms with Crippen LogP contribution in [0, 0.1) is 0 Å². The van der Waals surface area contributed by atoms with Crippen molar-refractivity contribution in [3.05, 3.63) is 352 Å². The number of pyridine rings is 2. The van der Waals surface area contributed by atoms with Crippen LogP contribution in [0.25, 0.3) is 166 Å². The molecule has 6 heterocycles. The van der Waals surface area contributed by atoms with Gasteiger partial charge < -0.3 is 9.13 Å². The summed E-state index contributed by atoms with van der Waals surface area (Å²) in [6.07, 6.45) is 3.78. The summed E-state index contributed by atoms with van der Waals surface area (Å²) in [5.74, 6) is 0. The van der Waals surface area contributed by atoms with Gasteiger partial charge in [-0.1, -0.05) is 218 Å². The minimum absolute atomic E-state index is 0.957. The molecule has 0 bridgehead atoms. The van der Waals surface area contributed by atoms with Crippen molar-refractivity contribution < 1.29 is 0 Å². The van der Waals surface area contributed by atoms with Crippen molar-refractivity contribution >= 4 is 87.5 Å². The van der Waals surface area contributed by atoms with Crippen molar-refractivity contribution in [1.29, 1.82) is 0 Å². The monoisotopic (exact) mass is 1200 g/mol. The Morgan fingerprint density at radius 1 is 0.181 bits per heavy atom. The molecule has 440 valence electrons. The molecule has 0 saturated carbocycles. The largest absolute Gasteiger partial charge is 0.309 e. The lowest BCUT2D eigenvalue weighted by molar-refractivity contribution is 1.14. The Kier molecular flexibility index (Phi) is 13.1. The summed E-state index contributed by atoms with van der Waals surface area (Å²) in [5, 5.41) is 9.69. The van der Waals surface area contributed by atoms with Gasteiger partial charge in [0, 0.05) is 78.2 Å². The van der Waals surface area contributed by atoms with Crippen LogP contribution in [0.2, 0.25) is 0 Å². The number of rotatable bonds is 9. The van der Waals surface area contributed by atoms with E-state index < -0.39 is 0 Å². The fourth-order valence-corrected chi connectivity index (χ4v) is 14.5. The van der Waals surface area contributed by atoms with Crippen LogP contribution in [-0.4, -0.2) is 28.2 Å². The predicted octanol–water partition coefficient (Wildman–Crippen LogP) is 22.9. The van der Waals surface area contributed by atoms with Crippen molar-refractivity contribution in [3.8, 4) is 78.4 Å². The summed E-state index contributed by atoms with van der Waals surface area (Å²) in [4.78, 5) is 9.80. The average molecular weight is 1200 g/mol. The molecule has 19 aromatic rings. The van der Waals surface area contributed by atoms with Crippen molar-refractivity contribution in [1.82, 2.24) is 28.2 Å². The van der Waals surface area contributed by atoms with Crippen LogP contribution in [0.15, 0.2) is 352 Å². The Labute approximate surface area is 543 Å². The molecule has 0 fully saturated rings. The maximum atomic E-state index is 4.91. The third-order valence-electron chi connectivity index (χ3n) is 18.7. The van der Waals surface area contributed by atoms with Gasteiger partial charge in [-0.3, -0.25) is 9.13 Å². The highest BCUT2D eigenvalue weighted by atomic mass is 15.1. The minimum atomic E-state index is 0.957. The van der Waals surface area contributed by atoms with Gasteiger partial charge in [-0.05, 0) is 177 Å². The third kappa shape index (κ3) is 9.10. The van der Waals surface area contributed by atoms with Crippen molar-refractivity contribution in [2.24, 2.45) is 0 Å². The van der Waals surface area contributed by atoms with Crippen LogP contribution in [0.1, 0.15) is 0 Å². The maximum Gasteiger partial charge on any atom is 0.145 e. The molecule has 0 saturated heterocycles. The van der Waals surface area contributed by atoms with E-state index in [1.807, 2.05) is 24.5 Å². The predicted molar refractivity (Wildman–Crippen MR) is 393 cm³/mol. The van der Waals surface area contributed by atoms with Gasteiger partial charge >= 0.3 is 0 Å². The Hall–Kier alpha value is -12.6. The first kappa shape index (κ1) is 54.3. The molecule has 6 aromatic heterocycles. The number of nitrogens with zero attached hydrogens (tertiary/aromatic N) is 6. The Morgan fingerprint density at radius 2 is 0.511 bits per heavy atom. The van der Waals surface area contributed by atoms with E-state index >= 15 is 0 Å². The molecule has 6 nitrogen and oxygen atoms in total. The van der Waals surface area contributed by atoms with E-state index in [9.17, 15) is 0 Å². The highest BCUT2D eigenvalue weighted by Crippen LogP contribution is 2.44. The van der Waals surface area contributed by atoms with Crippen LogP contribution < -0.4 is 0 Å². The van der Waals surface area contributed by atoms with Gasteiger partial charge in [0.05, 0.1) is 33.1 Å². The van der Waals surface area contributed by atoms with Gasteiger partial charge in [-0.15, -0.1) is 0 Å². The Balaban J connectivity index is 0.000000139. The highest BCUT2D eigenvalue weighted by molar-refractivity contribution is 6.19. The van der Waals surface area contributed by atoms with Gasteiger partial charge in [0.15, 0.2) is 0 Å². The molecular weight excluding hydrogens is 1140 g/mol. The number of para-hydroxylation sites is 3. The van der Waals surface area contributed by atoms with Crippen LogP contribution in [0.4, 0.5) is 0 Å². The lowest BCUT2D eigenvalue weighted by atomic mass is 9.98. The van der Waals surface area contributed by atoms with Crippen molar-refractivity contribution in [2.45, 2.75) is 0 Å². The summed E-state index contributed by atoms with van der Waals surface area (Å²) >= 11 is 0. The average Bonchev–Trinajstić information content (AvgIpc) is 1.59. The lowest BCUT2D eigenvalue weighted by Crippen LogP contribution is -1.95. The summed E-state index contributed by atoms with van der Waals surface area (Å²) < 4.78 is 9.37. The van der Waals surface area contributed by atoms with Crippen LogP contribution in [0.5, 0.6) is 0 Å². The number of fused-ring (bicyclic) bond motifs is 12. The second-order valence-electron chi connectivity index (χ2n) is 24.1. The fourth-order valence-electron chi connectivity index (χ4n) is 14.5. The van der Waals surface area contributed by atoms with E-state index in [2.05, 4.69) is 346 Å². The number of benzene rings is 13. The quantitative estimate of drug-likeness (QED) is 0.145. The molecule has 19 rings (SSSR count). The lowest BCUT2D eigenvalue weighted by Gasteiger charge is -2.11. The summed E-state index contributed by atoms with van der Waals surface area (Å²) in [5.41, 5.74) is 25.6. The second-order valence-corrected chi connectivity index (χ2v) is 24.1. The SMILES string of the molecule is c1ccc(-c2ccc(-n3c4ccccc4c4c(-c5ccc6c(c5)c5cccnc5n6-c5cccc(-c6ccccc6)c5)cccc43)cc2)cc1.c1ccc(-c2cccc(-n3c4ccc(-c5cccc6c5c5ccccc5n6-c5ccccc5)cc4c4cccnc43)c2)cc1. The van der Waals surface area contributed by atoms with E-state index in [1.165, 1.54) is 110 Å². The molecule has 0 radical (unpaired) electrons. The van der Waals surface area contributed by atoms with Gasteiger partial charge in [0.25, 0.3) is 0 Å². The fraction of sp³-hybridized carbons (Fsp3) is 0. The Morgan fingerprint density at radius 3 is 0.979 bits per heavy atom. The normalized spacial score (nSPS) is 11.6. The minimum Gasteiger partial charge on any atom is -0.309 e. The molecule has 94 heavy (non-hydrogen) atoms. The molecule has 0 atom stereocenters. The van der Waals surface area contributed by atoms with E-state index in [0.717, 1.165) is 55.8 Å². The standard InChI is InChI=1S/C47H31N3.C41H27N3/c1-3-12-32(13-4-1)34-23-26-37(27-24-34)49-43-21-8-7-18-41(43)46-39(19-10-22-45(46)49)36-25-28-44-42(31-36)40-20-11-29-48-47(40)50(44)38-17-9-16-35(30-38)33-14-5-2-6-15-33;1-3-12-28(13-4-1)29-14-9-17-32(26-29)44-38-24-23-30(27-36(38)34-20-11-25-42-41(34)44)33-19-10-22-39-40(33)35-18-7-8-21-37(35)43(39)31-15-5-2-6-16-31/h1-31H;1-27H. The molecular formula is C88H58N6. The van der Waals surface area contributed by atoms with Gasteiger partial charge in [-0.2, -0.15) is 0 Å². The molecule has 0 aliphatic heterocycles. The molecule has 0 amide bonds. The van der Waals surface area contributed by atoms with Gasteiger partial charge in [0.2, 0.25) is 0 Å². The first-order chi connectivity index (χ1) is 46.7. The summed E-state index contributed by atoms with van der Waals surface area (Å²) in [6, 6.07) is 122. The van der Waals surface area contributed by atoms with Crippen LogP contribution >= 0.6 is 0 Å². The van der Waals surface area contributed by atoms with Gasteiger partial charge in [0.1, 0.15) is 11.3 Å². The molecule has 0 N–H and O–H groups in total. The molecule has 0 aliphatic carbocycles. The van der Waals surface area contributed by atoms with Crippen molar-refractivity contribution in [3.63, 3.8) is 0 Å². The molecule has 6 heteroatoms. The second kappa shape index (κ2) is 22.7. The molecule has 13 aromatic carbocycles. The van der Waals surface area contributed by atoms with E-state index in [4.69, 9.17) is 9.97 Å². The van der Waals surface area contributed by atoms with E-state index in [-0.39, 0.29) is 0 Å². The van der Waals surface area contributed by atoms with Crippen molar-refractivity contribution in [2.75, 3.05) is 0 Å². The smallest absolute Gasteiger partial charge is 0.145 e. The number of hydrogen-bond donors (Lipinski definition) is 0. The van der Waals surface area contributed by atoms with Crippen LogP contribution in [0.3, 0.4) is 0 Å². The molecule has 0 spiro atoms. The third-order valence-corrected chi connectivity index (χ3v) is 18.7. The highest BCUT2D eigenvalue weighted by Gasteiger charge is 2.22. The maximum absolute atomic E-state index is 4.91. The first-order valence-electron chi connectivity index (χ1n) is 32.0. The summed E-state index contributed by atoms with van der Waals surface area (Å²) in [6.45, 7) is 0. The number of hydrogen-bond acceptors (Lipinski definition) is 2. The zero-order valence-electron chi connectivity index (χ0n) is 51.2. The van der Waals surface area contributed by atoms with Crippen LogP contribution in [-0.2, 0) is 0 Å². The zero-order chi connectivity index (χ0) is 62.1. The Bertz CT molecular complexity index is 6080. The summed E-state index contributed by atoms with van der Waals surface area (Å²) in [7, 11) is 0. The first-order valence-corrected chi connectivity index (χ1v) is 32.0. The molecule has 0 unspecified atom stereocenters. The van der Waals surface area contributed by atoms with E-state index in [0.29, 0.717) is 0 Å². The number of aromatic nitrogens is 6. The molecule has 0 aliphatic rings.